The SMILES string of the molecule is COC(=O)C1COCCN1C(=O)Cc1cccc(Br)c1. The van der Waals surface area contributed by atoms with Crippen LogP contribution in [0, 0.1) is 0 Å². The molecule has 108 valence electrons. The lowest BCUT2D eigenvalue weighted by molar-refractivity contribution is -0.160. The molecule has 0 aromatic heterocycles. The van der Waals surface area contributed by atoms with Crippen LogP contribution in [0.4, 0.5) is 0 Å². The number of carbonyl (C=O) groups excluding carboxylic acids is 2. The van der Waals surface area contributed by atoms with Gasteiger partial charge in [-0.1, -0.05) is 28.1 Å². The molecule has 0 saturated carbocycles. The zero-order valence-corrected chi connectivity index (χ0v) is 12.8. The molecule has 0 spiro atoms. The fraction of sp³-hybridized carbons (Fsp3) is 0.429. The lowest BCUT2D eigenvalue weighted by Crippen LogP contribution is -2.53. The molecule has 0 bridgehead atoms. The number of halogens is 1. The van der Waals surface area contributed by atoms with Gasteiger partial charge in [0.25, 0.3) is 0 Å². The predicted molar refractivity (Wildman–Crippen MR) is 76.2 cm³/mol. The molecule has 0 N–H and O–H groups in total. The van der Waals surface area contributed by atoms with Crippen LogP contribution in [0.25, 0.3) is 0 Å². The third-order valence-electron chi connectivity index (χ3n) is 3.17. The van der Waals surface area contributed by atoms with Crippen molar-refractivity contribution < 1.29 is 19.1 Å². The first-order valence-electron chi connectivity index (χ1n) is 6.31. The predicted octanol–water partition coefficient (Wildman–Crippen LogP) is 1.39. The average molecular weight is 342 g/mol. The van der Waals surface area contributed by atoms with E-state index in [-0.39, 0.29) is 18.9 Å². The van der Waals surface area contributed by atoms with Crippen molar-refractivity contribution in [3.63, 3.8) is 0 Å². The standard InChI is InChI=1S/C14H16BrNO4/c1-19-14(18)12-9-20-6-5-16(12)13(17)8-10-3-2-4-11(15)7-10/h2-4,7,12H,5-6,8-9H2,1H3. The van der Waals surface area contributed by atoms with Crippen molar-refractivity contribution in [1.82, 2.24) is 4.90 Å². The molecule has 2 rings (SSSR count). The Labute approximate surface area is 126 Å². The molecular weight excluding hydrogens is 326 g/mol. The summed E-state index contributed by atoms with van der Waals surface area (Å²) in [6.45, 7) is 1.04. The highest BCUT2D eigenvalue weighted by molar-refractivity contribution is 9.10. The number of esters is 1. The van der Waals surface area contributed by atoms with E-state index in [1.807, 2.05) is 24.3 Å². The van der Waals surface area contributed by atoms with Crippen LogP contribution in [0.5, 0.6) is 0 Å². The third kappa shape index (κ3) is 3.58. The normalized spacial score (nSPS) is 18.7. The average Bonchev–Trinajstić information content (AvgIpc) is 2.46. The molecule has 1 aromatic carbocycles. The molecule has 20 heavy (non-hydrogen) atoms. The van der Waals surface area contributed by atoms with E-state index in [0.717, 1.165) is 10.0 Å². The summed E-state index contributed by atoms with van der Waals surface area (Å²) in [5.74, 6) is -0.533. The Morgan fingerprint density at radius 3 is 3.00 bits per heavy atom. The van der Waals surface area contributed by atoms with Gasteiger partial charge in [-0.15, -0.1) is 0 Å². The molecule has 1 saturated heterocycles. The van der Waals surface area contributed by atoms with E-state index < -0.39 is 12.0 Å². The molecule has 1 aliphatic rings. The molecule has 1 amide bonds. The quantitative estimate of drug-likeness (QED) is 0.779. The van der Waals surface area contributed by atoms with Crippen molar-refractivity contribution in [1.29, 1.82) is 0 Å². The van der Waals surface area contributed by atoms with Crippen LogP contribution in [-0.2, 0) is 25.5 Å². The number of methoxy groups -OCH3 is 1. The van der Waals surface area contributed by atoms with Gasteiger partial charge < -0.3 is 14.4 Å². The Balaban J connectivity index is 2.08. The van der Waals surface area contributed by atoms with Gasteiger partial charge in [0.1, 0.15) is 0 Å². The van der Waals surface area contributed by atoms with Crippen LogP contribution in [0.2, 0.25) is 0 Å². The molecule has 1 unspecified atom stereocenters. The Morgan fingerprint density at radius 1 is 1.50 bits per heavy atom. The second-order valence-electron chi connectivity index (χ2n) is 4.51. The van der Waals surface area contributed by atoms with Gasteiger partial charge in [0.15, 0.2) is 6.04 Å². The van der Waals surface area contributed by atoms with Crippen molar-refractivity contribution in [3.8, 4) is 0 Å². The largest absolute Gasteiger partial charge is 0.467 e. The van der Waals surface area contributed by atoms with Crippen molar-refractivity contribution in [2.75, 3.05) is 26.9 Å². The molecule has 1 atom stereocenters. The zero-order chi connectivity index (χ0) is 14.5. The van der Waals surface area contributed by atoms with E-state index in [1.165, 1.54) is 12.0 Å². The maximum absolute atomic E-state index is 12.4. The highest BCUT2D eigenvalue weighted by Crippen LogP contribution is 2.15. The summed E-state index contributed by atoms with van der Waals surface area (Å²) in [6.07, 6.45) is 0.257. The molecule has 1 heterocycles. The Kier molecular flexibility index (Phi) is 5.14. The number of rotatable bonds is 3. The number of morpholine rings is 1. The van der Waals surface area contributed by atoms with Gasteiger partial charge >= 0.3 is 5.97 Å². The lowest BCUT2D eigenvalue weighted by atomic mass is 10.1. The molecule has 1 aromatic rings. The van der Waals surface area contributed by atoms with Crippen molar-refractivity contribution in [3.05, 3.63) is 34.3 Å². The minimum atomic E-state index is -0.645. The first-order valence-corrected chi connectivity index (χ1v) is 7.10. The van der Waals surface area contributed by atoms with Gasteiger partial charge in [-0.3, -0.25) is 4.79 Å². The summed E-state index contributed by atoms with van der Waals surface area (Å²) < 4.78 is 10.9. The molecule has 1 fully saturated rings. The van der Waals surface area contributed by atoms with Crippen LogP contribution < -0.4 is 0 Å². The molecule has 5 nitrogen and oxygen atoms in total. The molecule has 6 heteroatoms. The highest BCUT2D eigenvalue weighted by atomic mass is 79.9. The van der Waals surface area contributed by atoms with E-state index >= 15 is 0 Å². The van der Waals surface area contributed by atoms with Gasteiger partial charge in [0, 0.05) is 11.0 Å². The van der Waals surface area contributed by atoms with Crippen LogP contribution in [0.3, 0.4) is 0 Å². The number of hydrogen-bond acceptors (Lipinski definition) is 4. The molecular formula is C14H16BrNO4. The summed E-state index contributed by atoms with van der Waals surface area (Å²) in [6, 6.07) is 6.92. The number of benzene rings is 1. The zero-order valence-electron chi connectivity index (χ0n) is 11.2. The Morgan fingerprint density at radius 2 is 2.30 bits per heavy atom. The van der Waals surface area contributed by atoms with Crippen LogP contribution in [0.1, 0.15) is 5.56 Å². The van der Waals surface area contributed by atoms with Gasteiger partial charge in [0.05, 0.1) is 26.7 Å². The molecule has 1 aliphatic heterocycles. The fourth-order valence-electron chi connectivity index (χ4n) is 2.16. The maximum Gasteiger partial charge on any atom is 0.331 e. The number of ether oxygens (including phenoxy) is 2. The van der Waals surface area contributed by atoms with Gasteiger partial charge in [-0.25, -0.2) is 4.79 Å². The van der Waals surface area contributed by atoms with Crippen molar-refractivity contribution in [2.45, 2.75) is 12.5 Å². The second-order valence-corrected chi connectivity index (χ2v) is 5.42. The number of carbonyl (C=O) groups is 2. The van der Waals surface area contributed by atoms with E-state index in [0.29, 0.717) is 13.2 Å². The summed E-state index contributed by atoms with van der Waals surface area (Å²) >= 11 is 3.38. The second kappa shape index (κ2) is 6.85. The van der Waals surface area contributed by atoms with E-state index in [4.69, 9.17) is 9.47 Å². The highest BCUT2D eigenvalue weighted by Gasteiger charge is 2.33. The Bertz CT molecular complexity index is 506. The smallest absolute Gasteiger partial charge is 0.331 e. The van der Waals surface area contributed by atoms with Crippen LogP contribution in [-0.4, -0.2) is 49.7 Å². The summed E-state index contributed by atoms with van der Waals surface area (Å²) in [5, 5.41) is 0. The third-order valence-corrected chi connectivity index (χ3v) is 3.66. The maximum atomic E-state index is 12.4. The van der Waals surface area contributed by atoms with Gasteiger partial charge in [0.2, 0.25) is 5.91 Å². The summed E-state index contributed by atoms with van der Waals surface area (Å²) in [4.78, 5) is 25.6. The molecule has 0 aliphatic carbocycles. The van der Waals surface area contributed by atoms with Crippen molar-refractivity contribution in [2.24, 2.45) is 0 Å². The van der Waals surface area contributed by atoms with Gasteiger partial charge in [-0.2, -0.15) is 0 Å². The first kappa shape index (κ1) is 15.0. The Hall–Kier alpha value is -1.40. The van der Waals surface area contributed by atoms with E-state index in [9.17, 15) is 9.59 Å². The van der Waals surface area contributed by atoms with E-state index in [1.54, 1.807) is 0 Å². The van der Waals surface area contributed by atoms with Crippen molar-refractivity contribution >= 4 is 27.8 Å². The summed E-state index contributed by atoms with van der Waals surface area (Å²) in [7, 11) is 1.31. The number of nitrogens with zero attached hydrogens (tertiary/aromatic N) is 1. The topological polar surface area (TPSA) is 55.8 Å². The molecule has 0 radical (unpaired) electrons. The van der Waals surface area contributed by atoms with E-state index in [2.05, 4.69) is 15.9 Å². The minimum Gasteiger partial charge on any atom is -0.467 e. The van der Waals surface area contributed by atoms with Crippen LogP contribution in [0.15, 0.2) is 28.7 Å². The lowest BCUT2D eigenvalue weighted by Gasteiger charge is -2.33. The summed E-state index contributed by atoms with van der Waals surface area (Å²) in [5.41, 5.74) is 0.902. The monoisotopic (exact) mass is 341 g/mol. The van der Waals surface area contributed by atoms with Crippen LogP contribution >= 0.6 is 15.9 Å². The fourth-order valence-corrected chi connectivity index (χ4v) is 2.60. The first-order chi connectivity index (χ1) is 9.61. The minimum absolute atomic E-state index is 0.0956. The number of amides is 1. The number of hydrogen-bond donors (Lipinski definition) is 0. The van der Waals surface area contributed by atoms with Gasteiger partial charge in [-0.05, 0) is 17.7 Å².